The first-order valence-electron chi connectivity index (χ1n) is 13.4. The predicted molar refractivity (Wildman–Crippen MR) is 150 cm³/mol. The Hall–Kier alpha value is -3.00. The summed E-state index contributed by atoms with van der Waals surface area (Å²) in [5.74, 6) is 0.623. The van der Waals surface area contributed by atoms with E-state index in [4.69, 9.17) is 27.8 Å². The lowest BCUT2D eigenvalue weighted by Gasteiger charge is -2.35. The molecule has 1 heterocycles. The van der Waals surface area contributed by atoms with E-state index in [1.165, 1.54) is 11.2 Å². The molecule has 0 saturated carbocycles. The highest BCUT2D eigenvalue weighted by atomic mass is 31.2. The van der Waals surface area contributed by atoms with Gasteiger partial charge in [-0.25, -0.2) is 23.3 Å². The van der Waals surface area contributed by atoms with Gasteiger partial charge in [0, 0.05) is 13.2 Å². The first kappa shape index (κ1) is 30.5. The van der Waals surface area contributed by atoms with E-state index in [1.54, 1.807) is 69.3 Å². The van der Waals surface area contributed by atoms with Crippen LogP contribution in [0.3, 0.4) is 0 Å². The third-order valence-electron chi connectivity index (χ3n) is 5.52. The summed E-state index contributed by atoms with van der Waals surface area (Å²) in [5, 5.41) is 0. The maximum absolute atomic E-state index is 13.4. The zero-order valence-electron chi connectivity index (χ0n) is 23.3. The second-order valence-electron chi connectivity index (χ2n) is 10.1. The van der Waals surface area contributed by atoms with Crippen molar-refractivity contribution in [3.05, 3.63) is 72.8 Å². The van der Waals surface area contributed by atoms with Gasteiger partial charge in [0.1, 0.15) is 18.5 Å². The van der Waals surface area contributed by atoms with Crippen LogP contribution in [0.1, 0.15) is 59.8 Å². The Morgan fingerprint density at radius 3 is 2.10 bits per heavy atom. The van der Waals surface area contributed by atoms with Gasteiger partial charge in [-0.2, -0.15) is 0 Å². The molecule has 0 spiro atoms. The molecule has 1 aliphatic rings. The van der Waals surface area contributed by atoms with Crippen molar-refractivity contribution in [1.29, 1.82) is 0 Å². The zero-order valence-corrected chi connectivity index (χ0v) is 24.2. The van der Waals surface area contributed by atoms with E-state index in [0.29, 0.717) is 24.5 Å². The summed E-state index contributed by atoms with van der Waals surface area (Å²) in [5.41, 5.74) is -0.745. The molecule has 2 aromatic rings. The van der Waals surface area contributed by atoms with Crippen molar-refractivity contribution in [3.63, 3.8) is 0 Å². The Balaban J connectivity index is 1.80. The highest BCUT2D eigenvalue weighted by Crippen LogP contribution is 2.59. The van der Waals surface area contributed by atoms with Crippen molar-refractivity contribution in [1.82, 2.24) is 4.90 Å². The van der Waals surface area contributed by atoms with E-state index in [9.17, 15) is 9.69 Å². The molecule has 2 aromatic carbocycles. The number of carbonyl (C=O) groups is 1. The molecular weight excluding hydrogens is 521 g/mol. The van der Waals surface area contributed by atoms with Crippen molar-refractivity contribution in [2.45, 2.75) is 71.4 Å². The molecule has 9 nitrogen and oxygen atoms in total. The van der Waals surface area contributed by atoms with Gasteiger partial charge >= 0.3 is 14.3 Å². The van der Waals surface area contributed by atoms with Crippen LogP contribution in [0.2, 0.25) is 0 Å². The number of nitrogens with zero attached hydrogens (tertiary/aromatic N) is 1. The van der Waals surface area contributed by atoms with Crippen molar-refractivity contribution in [3.8, 4) is 11.5 Å². The largest absolute Gasteiger partial charge is 0.716 e. The molecule has 0 saturated heterocycles. The number of benzene rings is 2. The van der Waals surface area contributed by atoms with E-state index in [2.05, 4.69) is 6.92 Å². The predicted octanol–water partition coefficient (Wildman–Crippen LogP) is 7.25. The number of hydrogen-bond acceptors (Lipinski definition) is 8. The SMILES string of the molecule is CCCCOCCCC[C@H]1COC=C(O[P+](O)(Oc2ccccc2)Oc2ccccc2)N1C(=O)OC(C)(C)C. The van der Waals surface area contributed by atoms with Crippen LogP contribution in [0, 0.1) is 0 Å². The molecule has 1 amide bonds. The summed E-state index contributed by atoms with van der Waals surface area (Å²) >= 11 is 0. The summed E-state index contributed by atoms with van der Waals surface area (Å²) in [6.45, 7) is 9.15. The van der Waals surface area contributed by atoms with Gasteiger partial charge in [-0.1, -0.05) is 49.7 Å². The van der Waals surface area contributed by atoms with Crippen LogP contribution in [-0.4, -0.2) is 47.4 Å². The van der Waals surface area contributed by atoms with Crippen LogP contribution in [0.25, 0.3) is 0 Å². The minimum Gasteiger partial charge on any atom is -0.493 e. The summed E-state index contributed by atoms with van der Waals surface area (Å²) in [7, 11) is -4.10. The van der Waals surface area contributed by atoms with Crippen molar-refractivity contribution in [2.75, 3.05) is 19.8 Å². The highest BCUT2D eigenvalue weighted by Gasteiger charge is 2.54. The smallest absolute Gasteiger partial charge is 0.493 e. The van der Waals surface area contributed by atoms with Crippen LogP contribution in [0.4, 0.5) is 4.79 Å². The van der Waals surface area contributed by atoms with E-state index in [0.717, 1.165) is 32.3 Å². The van der Waals surface area contributed by atoms with Crippen molar-refractivity contribution in [2.24, 2.45) is 0 Å². The second-order valence-corrected chi connectivity index (χ2v) is 11.6. The lowest BCUT2D eigenvalue weighted by Crippen LogP contribution is -2.47. The third kappa shape index (κ3) is 10.6. The molecule has 0 radical (unpaired) electrons. The second kappa shape index (κ2) is 15.0. The van der Waals surface area contributed by atoms with E-state index >= 15 is 0 Å². The van der Waals surface area contributed by atoms with E-state index < -0.39 is 25.9 Å². The third-order valence-corrected chi connectivity index (χ3v) is 6.82. The monoisotopic (exact) mass is 562 g/mol. The number of unbranched alkanes of at least 4 members (excludes halogenated alkanes) is 2. The Kier molecular flexibility index (Phi) is 11.7. The molecule has 214 valence electrons. The average molecular weight is 563 g/mol. The molecule has 0 aliphatic carbocycles. The summed E-state index contributed by atoms with van der Waals surface area (Å²) < 4.78 is 34.7. The number of para-hydroxylation sites is 2. The van der Waals surface area contributed by atoms with Gasteiger partial charge in [-0.15, -0.1) is 4.89 Å². The molecule has 3 rings (SSSR count). The molecule has 0 fully saturated rings. The maximum atomic E-state index is 13.4. The van der Waals surface area contributed by atoms with Crippen LogP contribution in [0.15, 0.2) is 72.8 Å². The van der Waals surface area contributed by atoms with Gasteiger partial charge in [0.25, 0.3) is 5.88 Å². The standard InChI is InChI=1S/C29H41NO8P/c1-5-6-20-33-21-14-13-15-24-22-34-23-27(30(24)28(31)35-29(2,3)4)38-39(32,36-25-16-9-7-10-17-25)37-26-18-11-8-12-19-26/h7-12,16-19,23-24,32H,5-6,13-15,20-22H2,1-4H3/q+1/t24-/m0/s1. The van der Waals surface area contributed by atoms with Gasteiger partial charge in [-0.3, -0.25) is 0 Å². The fourth-order valence-electron chi connectivity index (χ4n) is 3.71. The molecule has 1 aliphatic heterocycles. The Morgan fingerprint density at radius 1 is 0.949 bits per heavy atom. The Morgan fingerprint density at radius 2 is 1.54 bits per heavy atom. The van der Waals surface area contributed by atoms with Crippen LogP contribution >= 0.6 is 8.17 Å². The van der Waals surface area contributed by atoms with Gasteiger partial charge in [-0.05, 0) is 70.7 Å². The van der Waals surface area contributed by atoms with Crippen LogP contribution in [-0.2, 0) is 18.7 Å². The van der Waals surface area contributed by atoms with Crippen molar-refractivity contribution < 1.29 is 37.5 Å². The minimum absolute atomic E-state index is 0.0533. The number of ether oxygens (including phenoxy) is 3. The zero-order chi connectivity index (χ0) is 28.1. The number of carbonyl (C=O) groups excluding carboxylic acids is 1. The van der Waals surface area contributed by atoms with Crippen LogP contribution in [0.5, 0.6) is 11.5 Å². The van der Waals surface area contributed by atoms with Crippen LogP contribution < -0.4 is 9.05 Å². The summed E-state index contributed by atoms with van der Waals surface area (Å²) in [4.78, 5) is 26.3. The molecule has 1 atom stereocenters. The molecule has 39 heavy (non-hydrogen) atoms. The Bertz CT molecular complexity index is 987. The quantitative estimate of drug-likeness (QED) is 0.190. The number of amides is 1. The average Bonchev–Trinajstić information content (AvgIpc) is 2.88. The van der Waals surface area contributed by atoms with Gasteiger partial charge < -0.3 is 14.2 Å². The normalized spacial score (nSPS) is 15.7. The Labute approximate surface area is 232 Å². The fourth-order valence-corrected chi connectivity index (χ4v) is 4.96. The summed E-state index contributed by atoms with van der Waals surface area (Å²) in [6.07, 6.45) is 5.05. The lowest BCUT2D eigenvalue weighted by atomic mass is 10.1. The van der Waals surface area contributed by atoms with Crippen molar-refractivity contribution >= 4 is 14.3 Å². The molecule has 1 N–H and O–H groups in total. The molecule has 0 unspecified atom stereocenters. The minimum atomic E-state index is -4.10. The maximum Gasteiger partial charge on any atom is 0.716 e. The van der Waals surface area contributed by atoms with E-state index in [1.807, 2.05) is 12.1 Å². The molecule has 0 aromatic heterocycles. The molecule has 10 heteroatoms. The molecular formula is C29H41NO8P+. The fraction of sp³-hybridized carbons (Fsp3) is 0.483. The number of rotatable bonds is 14. The van der Waals surface area contributed by atoms with Gasteiger partial charge in [0.2, 0.25) is 0 Å². The lowest BCUT2D eigenvalue weighted by molar-refractivity contribution is -0.0112. The van der Waals surface area contributed by atoms with E-state index in [-0.39, 0.29) is 12.5 Å². The first-order valence-corrected chi connectivity index (χ1v) is 14.9. The first-order chi connectivity index (χ1) is 18.7. The van der Waals surface area contributed by atoms with Gasteiger partial charge in [0.05, 0.1) is 6.04 Å². The van der Waals surface area contributed by atoms with Gasteiger partial charge in [0.15, 0.2) is 11.5 Å². The summed E-state index contributed by atoms with van der Waals surface area (Å²) in [6, 6.07) is 17.0. The number of hydrogen-bond donors (Lipinski definition) is 1. The molecule has 0 bridgehead atoms. The topological polar surface area (TPSA) is 95.9 Å². The highest BCUT2D eigenvalue weighted by molar-refractivity contribution is 7.56.